The summed E-state index contributed by atoms with van der Waals surface area (Å²) in [5, 5.41) is 17.8. The predicted octanol–water partition coefficient (Wildman–Crippen LogP) is 3.49. The fourth-order valence-corrected chi connectivity index (χ4v) is 4.38. The first-order chi connectivity index (χ1) is 17.7. The van der Waals surface area contributed by atoms with Crippen molar-refractivity contribution in [2.75, 3.05) is 13.1 Å². The number of benzene rings is 1. The molecule has 1 N–H and O–H groups in total. The molecular weight excluding hydrogens is 487 g/mol. The maximum Gasteiger partial charge on any atom is 0.423 e. The number of piperidine rings is 1. The Labute approximate surface area is 210 Å². The predicted molar refractivity (Wildman–Crippen MR) is 128 cm³/mol. The van der Waals surface area contributed by atoms with Gasteiger partial charge in [-0.1, -0.05) is 18.2 Å². The molecule has 192 valence electrons. The van der Waals surface area contributed by atoms with Gasteiger partial charge in [-0.05, 0) is 24.5 Å². The zero-order valence-corrected chi connectivity index (χ0v) is 19.9. The molecule has 1 aliphatic heterocycles. The van der Waals surface area contributed by atoms with E-state index in [2.05, 4.69) is 20.2 Å². The number of amides is 1. The fraction of sp³-hybridized carbons (Fsp3) is 0.320. The summed E-state index contributed by atoms with van der Waals surface area (Å²) in [6.45, 7) is 0.226. The van der Waals surface area contributed by atoms with Crippen LogP contribution in [-0.2, 0) is 11.8 Å². The Morgan fingerprint density at radius 2 is 1.59 bits per heavy atom. The van der Waals surface area contributed by atoms with E-state index in [0.717, 1.165) is 32.7 Å². The van der Waals surface area contributed by atoms with Crippen LogP contribution >= 0.6 is 0 Å². The lowest BCUT2D eigenvalue weighted by Gasteiger charge is -2.33. The fourth-order valence-electron chi connectivity index (χ4n) is 4.38. The molecule has 0 spiro atoms. The van der Waals surface area contributed by atoms with Gasteiger partial charge in [0.1, 0.15) is 0 Å². The van der Waals surface area contributed by atoms with Crippen LogP contribution in [0.3, 0.4) is 0 Å². The Morgan fingerprint density at radius 3 is 2.24 bits per heavy atom. The van der Waals surface area contributed by atoms with E-state index >= 15 is 0 Å². The molecule has 3 aromatic heterocycles. The summed E-state index contributed by atoms with van der Waals surface area (Å²) in [5.74, 6) is -0.727. The molecule has 1 aliphatic rings. The van der Waals surface area contributed by atoms with Crippen LogP contribution in [0.2, 0.25) is 0 Å². The number of aliphatic hydroxyl groups is 1. The quantitative estimate of drug-likeness (QED) is 0.440. The van der Waals surface area contributed by atoms with Crippen molar-refractivity contribution < 1.29 is 23.1 Å². The maximum atomic E-state index is 12.6. The molecule has 1 unspecified atom stereocenters. The number of nitrogens with zero attached hydrogens (tertiary/aromatic N) is 7. The van der Waals surface area contributed by atoms with Gasteiger partial charge in [-0.3, -0.25) is 14.2 Å². The first-order valence-corrected chi connectivity index (χ1v) is 11.7. The molecule has 0 bridgehead atoms. The molecule has 1 fully saturated rings. The molecule has 4 heterocycles. The minimum absolute atomic E-state index is 0.0729. The van der Waals surface area contributed by atoms with Gasteiger partial charge < -0.3 is 10.0 Å². The van der Waals surface area contributed by atoms with Gasteiger partial charge in [0.2, 0.25) is 6.10 Å². The summed E-state index contributed by atoms with van der Waals surface area (Å²) in [4.78, 5) is 22.0. The molecule has 1 saturated heterocycles. The molecule has 1 amide bonds. The number of aryl methyl sites for hydroxylation is 1. The smallest absolute Gasteiger partial charge is 0.376 e. The second-order valence-electron chi connectivity index (χ2n) is 8.99. The molecule has 37 heavy (non-hydrogen) atoms. The van der Waals surface area contributed by atoms with Crippen molar-refractivity contribution in [3.8, 4) is 33.6 Å². The molecule has 0 radical (unpaired) electrons. The van der Waals surface area contributed by atoms with Crippen molar-refractivity contribution in [2.45, 2.75) is 31.2 Å². The van der Waals surface area contributed by atoms with E-state index in [1.165, 1.54) is 0 Å². The van der Waals surface area contributed by atoms with E-state index in [9.17, 15) is 23.1 Å². The number of hydrogen-bond donors (Lipinski definition) is 1. The minimum atomic E-state index is -4.97. The molecule has 12 heteroatoms. The Hall–Kier alpha value is -4.06. The zero-order chi connectivity index (χ0) is 26.2. The summed E-state index contributed by atoms with van der Waals surface area (Å²) in [6.07, 6.45) is 3.62. The average Bonchev–Trinajstić information content (AvgIpc) is 3.57. The van der Waals surface area contributed by atoms with Gasteiger partial charge in [0, 0.05) is 67.2 Å². The standard InChI is InChI=1S/C25H24F3N7O2/c1-33-14-19(12-31-33)16-3-2-4-17(9-16)23-29-10-18(11-30-23)20-13-32-35(15-20)21-5-7-34(8-6-21)24(37)22(36)25(26,27)28/h2-4,9-15,21-22,36H,5-8H2,1H3. The highest BCUT2D eigenvalue weighted by atomic mass is 19.4. The molecule has 5 rings (SSSR count). The number of aliphatic hydroxyl groups excluding tert-OH is 1. The second-order valence-corrected chi connectivity index (χ2v) is 8.99. The summed E-state index contributed by atoms with van der Waals surface area (Å²) >= 11 is 0. The highest BCUT2D eigenvalue weighted by Crippen LogP contribution is 2.29. The molecular formula is C25H24F3N7O2. The third-order valence-corrected chi connectivity index (χ3v) is 6.44. The van der Waals surface area contributed by atoms with Crippen LogP contribution in [0, 0.1) is 0 Å². The summed E-state index contributed by atoms with van der Waals surface area (Å²) in [6, 6.07) is 7.83. The van der Waals surface area contributed by atoms with E-state index in [0.29, 0.717) is 18.7 Å². The highest BCUT2D eigenvalue weighted by Gasteiger charge is 2.45. The Morgan fingerprint density at radius 1 is 0.946 bits per heavy atom. The van der Waals surface area contributed by atoms with Crippen molar-refractivity contribution in [1.82, 2.24) is 34.4 Å². The molecule has 1 aromatic carbocycles. The van der Waals surface area contributed by atoms with Crippen LogP contribution in [0.25, 0.3) is 33.6 Å². The van der Waals surface area contributed by atoms with Crippen LogP contribution in [0.15, 0.2) is 61.4 Å². The van der Waals surface area contributed by atoms with Crippen molar-refractivity contribution in [3.63, 3.8) is 0 Å². The van der Waals surface area contributed by atoms with Gasteiger partial charge in [0.25, 0.3) is 5.91 Å². The number of carbonyl (C=O) groups excluding carboxylic acids is 1. The number of likely N-dealkylation sites (tertiary alicyclic amines) is 1. The van der Waals surface area contributed by atoms with E-state index in [-0.39, 0.29) is 19.1 Å². The number of halogens is 3. The highest BCUT2D eigenvalue weighted by molar-refractivity contribution is 5.81. The topological polar surface area (TPSA) is 102 Å². The number of hydrogen-bond acceptors (Lipinski definition) is 6. The van der Waals surface area contributed by atoms with Gasteiger partial charge in [-0.25, -0.2) is 9.97 Å². The monoisotopic (exact) mass is 511 g/mol. The van der Waals surface area contributed by atoms with Crippen LogP contribution in [-0.4, -0.2) is 70.8 Å². The Balaban J connectivity index is 1.24. The van der Waals surface area contributed by atoms with Gasteiger partial charge in [-0.15, -0.1) is 0 Å². The Kier molecular flexibility index (Phi) is 6.50. The maximum absolute atomic E-state index is 12.6. The van der Waals surface area contributed by atoms with E-state index in [1.54, 1.807) is 34.2 Å². The molecule has 4 aromatic rings. The van der Waals surface area contributed by atoms with Gasteiger partial charge in [0.15, 0.2) is 5.82 Å². The lowest BCUT2D eigenvalue weighted by atomic mass is 10.0. The third-order valence-electron chi connectivity index (χ3n) is 6.44. The lowest BCUT2D eigenvalue weighted by molar-refractivity contribution is -0.211. The number of rotatable bonds is 5. The van der Waals surface area contributed by atoms with Crippen molar-refractivity contribution in [1.29, 1.82) is 0 Å². The molecule has 9 nitrogen and oxygen atoms in total. The summed E-state index contributed by atoms with van der Waals surface area (Å²) in [7, 11) is 1.87. The number of carbonyl (C=O) groups is 1. The van der Waals surface area contributed by atoms with Gasteiger partial charge in [0.05, 0.1) is 18.4 Å². The average molecular weight is 512 g/mol. The van der Waals surface area contributed by atoms with Crippen molar-refractivity contribution in [2.24, 2.45) is 7.05 Å². The first kappa shape index (κ1) is 24.6. The van der Waals surface area contributed by atoms with E-state index in [1.807, 2.05) is 43.7 Å². The normalized spacial score (nSPS) is 15.6. The molecule has 1 atom stereocenters. The van der Waals surface area contributed by atoms with E-state index in [4.69, 9.17) is 0 Å². The summed E-state index contributed by atoms with van der Waals surface area (Å²) < 4.78 is 41.4. The lowest BCUT2D eigenvalue weighted by Crippen LogP contribution is -2.49. The Bertz CT molecular complexity index is 1390. The van der Waals surface area contributed by atoms with Crippen LogP contribution < -0.4 is 0 Å². The number of alkyl halides is 3. The summed E-state index contributed by atoms with van der Waals surface area (Å²) in [5.41, 5.74) is 4.47. The minimum Gasteiger partial charge on any atom is -0.376 e. The number of aromatic nitrogens is 6. The third kappa shape index (κ3) is 5.24. The molecule has 0 aliphatic carbocycles. The van der Waals surface area contributed by atoms with Gasteiger partial charge >= 0.3 is 6.18 Å². The largest absolute Gasteiger partial charge is 0.423 e. The first-order valence-electron chi connectivity index (χ1n) is 11.7. The molecule has 0 saturated carbocycles. The van der Waals surface area contributed by atoms with Crippen molar-refractivity contribution >= 4 is 5.91 Å². The zero-order valence-electron chi connectivity index (χ0n) is 19.9. The van der Waals surface area contributed by atoms with E-state index < -0.39 is 18.2 Å². The van der Waals surface area contributed by atoms with Crippen LogP contribution in [0.1, 0.15) is 18.9 Å². The van der Waals surface area contributed by atoms with Crippen molar-refractivity contribution in [3.05, 3.63) is 61.4 Å². The second kappa shape index (κ2) is 9.77. The van der Waals surface area contributed by atoms with Crippen LogP contribution in [0.4, 0.5) is 13.2 Å². The van der Waals surface area contributed by atoms with Crippen LogP contribution in [0.5, 0.6) is 0 Å². The van der Waals surface area contributed by atoms with Gasteiger partial charge in [-0.2, -0.15) is 23.4 Å². The SMILES string of the molecule is Cn1cc(-c2cccc(-c3ncc(-c4cnn(C5CCN(C(=O)C(O)C(F)(F)F)CC5)c4)cn3)c2)cn1.